The van der Waals surface area contributed by atoms with Gasteiger partial charge in [-0.15, -0.1) is 0 Å². The molecule has 2 aromatic rings. The molecule has 0 aliphatic heterocycles. The fourth-order valence-electron chi connectivity index (χ4n) is 2.37. The lowest BCUT2D eigenvalue weighted by Crippen LogP contribution is -2.20. The second kappa shape index (κ2) is 10.9. The molecular weight excluding hydrogens is 432 g/mol. The summed E-state index contributed by atoms with van der Waals surface area (Å²) in [4.78, 5) is 24.0. The van der Waals surface area contributed by atoms with Gasteiger partial charge in [0.1, 0.15) is 5.75 Å². The van der Waals surface area contributed by atoms with E-state index >= 15 is 0 Å². The third-order valence-corrected chi connectivity index (χ3v) is 4.48. The van der Waals surface area contributed by atoms with Gasteiger partial charge in [-0.3, -0.25) is 9.59 Å². The summed E-state index contributed by atoms with van der Waals surface area (Å²) in [6.45, 7) is 1.92. The number of rotatable bonds is 9. The molecule has 2 N–H and O–H groups in total. The minimum atomic E-state index is -0.319. The Bertz CT molecular complexity index is 799. The monoisotopic (exact) mass is 452 g/mol. The summed E-state index contributed by atoms with van der Waals surface area (Å²) in [7, 11) is 0. The highest BCUT2D eigenvalue weighted by Crippen LogP contribution is 2.27. The Morgan fingerprint density at radius 1 is 1.04 bits per heavy atom. The van der Waals surface area contributed by atoms with Crippen LogP contribution >= 0.6 is 27.5 Å². The molecule has 0 atom stereocenters. The molecule has 0 aromatic heterocycles. The summed E-state index contributed by atoms with van der Waals surface area (Å²) < 4.78 is 6.27. The van der Waals surface area contributed by atoms with Gasteiger partial charge < -0.3 is 15.4 Å². The number of carbonyl (C=O) groups excluding carboxylic acids is 2. The Balaban J connectivity index is 1.85. The Morgan fingerprint density at radius 2 is 1.74 bits per heavy atom. The Morgan fingerprint density at radius 3 is 2.41 bits per heavy atom. The molecule has 27 heavy (non-hydrogen) atoms. The third-order valence-electron chi connectivity index (χ3n) is 3.69. The summed E-state index contributed by atoms with van der Waals surface area (Å²) in [6, 6.07) is 12.2. The smallest absolute Gasteiger partial charge is 0.262 e. The maximum Gasteiger partial charge on any atom is 0.262 e. The van der Waals surface area contributed by atoms with Gasteiger partial charge in [0.25, 0.3) is 5.91 Å². The van der Waals surface area contributed by atoms with Gasteiger partial charge in [0.05, 0.1) is 5.02 Å². The first kappa shape index (κ1) is 21.3. The summed E-state index contributed by atoms with van der Waals surface area (Å²) in [5.41, 5.74) is 1.23. The fraction of sp³-hybridized carbons (Fsp3) is 0.300. The van der Waals surface area contributed by atoms with Crippen LogP contribution in [0.4, 0.5) is 11.4 Å². The number of carbonyl (C=O) groups is 2. The minimum absolute atomic E-state index is 0.0276. The van der Waals surface area contributed by atoms with E-state index < -0.39 is 0 Å². The molecule has 0 saturated heterocycles. The van der Waals surface area contributed by atoms with Crippen molar-refractivity contribution in [3.8, 4) is 5.75 Å². The van der Waals surface area contributed by atoms with Crippen molar-refractivity contribution in [1.29, 1.82) is 0 Å². The topological polar surface area (TPSA) is 67.4 Å². The molecule has 2 amide bonds. The van der Waals surface area contributed by atoms with Crippen LogP contribution in [0.1, 0.15) is 32.6 Å². The van der Waals surface area contributed by atoms with Crippen molar-refractivity contribution in [2.24, 2.45) is 0 Å². The van der Waals surface area contributed by atoms with Gasteiger partial charge in [-0.1, -0.05) is 53.4 Å². The molecule has 144 valence electrons. The zero-order valence-electron chi connectivity index (χ0n) is 15.1. The summed E-state index contributed by atoms with van der Waals surface area (Å²) in [5, 5.41) is 6.00. The van der Waals surface area contributed by atoms with Crippen molar-refractivity contribution in [2.75, 3.05) is 17.2 Å². The SMILES string of the molecule is CCCCCC(=O)Nc1cccc(NC(=O)COc2ccc(Br)cc2Cl)c1. The average Bonchev–Trinajstić information content (AvgIpc) is 2.61. The van der Waals surface area contributed by atoms with E-state index in [1.807, 2.05) is 0 Å². The molecular formula is C20H22BrClN2O3. The maximum atomic E-state index is 12.1. The number of hydrogen-bond donors (Lipinski definition) is 2. The van der Waals surface area contributed by atoms with Gasteiger partial charge in [0.2, 0.25) is 5.91 Å². The van der Waals surface area contributed by atoms with E-state index in [0.717, 1.165) is 23.7 Å². The zero-order chi connectivity index (χ0) is 19.6. The van der Waals surface area contributed by atoms with E-state index in [4.69, 9.17) is 16.3 Å². The Labute approximate surface area is 172 Å². The van der Waals surface area contributed by atoms with Crippen molar-refractivity contribution in [3.05, 3.63) is 52.0 Å². The van der Waals surface area contributed by atoms with Crippen LogP contribution in [0, 0.1) is 0 Å². The van der Waals surface area contributed by atoms with Crippen molar-refractivity contribution < 1.29 is 14.3 Å². The Hall–Kier alpha value is -2.05. The van der Waals surface area contributed by atoms with Crippen LogP contribution in [0.2, 0.25) is 5.02 Å². The van der Waals surface area contributed by atoms with Gasteiger partial charge >= 0.3 is 0 Å². The number of benzene rings is 2. The summed E-state index contributed by atoms with van der Waals surface area (Å²) in [6.07, 6.45) is 3.47. The highest BCUT2D eigenvalue weighted by Gasteiger charge is 2.08. The number of nitrogens with one attached hydrogen (secondary N) is 2. The largest absolute Gasteiger partial charge is 0.482 e. The number of ether oxygens (including phenoxy) is 1. The van der Waals surface area contributed by atoms with Crippen LogP contribution in [-0.4, -0.2) is 18.4 Å². The van der Waals surface area contributed by atoms with E-state index in [-0.39, 0.29) is 18.4 Å². The normalized spacial score (nSPS) is 10.3. The van der Waals surface area contributed by atoms with Crippen molar-refractivity contribution in [3.63, 3.8) is 0 Å². The van der Waals surface area contributed by atoms with Crippen LogP contribution in [-0.2, 0) is 9.59 Å². The first-order valence-corrected chi connectivity index (χ1v) is 9.92. The molecule has 7 heteroatoms. The lowest BCUT2D eigenvalue weighted by atomic mass is 10.2. The molecule has 2 aromatic carbocycles. The Kier molecular flexibility index (Phi) is 8.61. The molecule has 0 fully saturated rings. The third kappa shape index (κ3) is 7.61. The molecule has 2 rings (SSSR count). The predicted molar refractivity (Wildman–Crippen MR) is 112 cm³/mol. The van der Waals surface area contributed by atoms with Gasteiger partial charge in [-0.2, -0.15) is 0 Å². The summed E-state index contributed by atoms with van der Waals surface area (Å²) >= 11 is 9.37. The van der Waals surface area contributed by atoms with E-state index in [0.29, 0.717) is 28.6 Å². The first-order valence-electron chi connectivity index (χ1n) is 8.75. The number of hydrogen-bond acceptors (Lipinski definition) is 3. The maximum absolute atomic E-state index is 12.1. The average molecular weight is 454 g/mol. The molecule has 0 aliphatic rings. The second-order valence-corrected chi connectivity index (χ2v) is 7.32. The zero-order valence-corrected chi connectivity index (χ0v) is 17.4. The fourth-order valence-corrected chi connectivity index (χ4v) is 3.09. The number of halogens is 2. The molecule has 0 radical (unpaired) electrons. The van der Waals surface area contributed by atoms with E-state index in [9.17, 15) is 9.59 Å². The number of unbranched alkanes of at least 4 members (excludes halogenated alkanes) is 2. The van der Waals surface area contributed by atoms with Gasteiger partial charge in [-0.05, 0) is 42.8 Å². The highest BCUT2D eigenvalue weighted by molar-refractivity contribution is 9.10. The van der Waals surface area contributed by atoms with E-state index in [1.54, 1.807) is 42.5 Å². The molecule has 0 unspecified atom stereocenters. The first-order chi connectivity index (χ1) is 13.0. The molecule has 5 nitrogen and oxygen atoms in total. The van der Waals surface area contributed by atoms with Gasteiger partial charge in [-0.25, -0.2) is 0 Å². The number of amides is 2. The minimum Gasteiger partial charge on any atom is -0.482 e. The van der Waals surface area contributed by atoms with E-state index in [2.05, 4.69) is 33.5 Å². The van der Waals surface area contributed by atoms with Crippen LogP contribution < -0.4 is 15.4 Å². The predicted octanol–water partition coefficient (Wildman–Crippen LogP) is 5.64. The standard InChI is InChI=1S/C20H22BrClN2O3/c1-2-3-4-8-19(25)23-15-6-5-7-16(12-15)24-20(26)13-27-18-10-9-14(21)11-17(18)22/h5-7,9-12H,2-4,8,13H2,1H3,(H,23,25)(H,24,26). The van der Waals surface area contributed by atoms with Crippen molar-refractivity contribution in [2.45, 2.75) is 32.6 Å². The quantitative estimate of drug-likeness (QED) is 0.483. The molecule has 0 saturated carbocycles. The lowest BCUT2D eigenvalue weighted by molar-refractivity contribution is -0.118. The van der Waals surface area contributed by atoms with Crippen LogP contribution in [0.3, 0.4) is 0 Å². The van der Waals surface area contributed by atoms with Gasteiger partial charge in [0, 0.05) is 22.3 Å². The molecule has 0 aliphatic carbocycles. The lowest BCUT2D eigenvalue weighted by Gasteiger charge is -2.10. The number of anilines is 2. The molecule has 0 bridgehead atoms. The van der Waals surface area contributed by atoms with Crippen molar-refractivity contribution >= 4 is 50.7 Å². The van der Waals surface area contributed by atoms with Gasteiger partial charge in [0.15, 0.2) is 6.61 Å². The molecule has 0 heterocycles. The van der Waals surface area contributed by atoms with Crippen LogP contribution in [0.25, 0.3) is 0 Å². The highest BCUT2D eigenvalue weighted by atomic mass is 79.9. The molecule has 0 spiro atoms. The summed E-state index contributed by atoms with van der Waals surface area (Å²) in [5.74, 6) is 0.0867. The second-order valence-electron chi connectivity index (χ2n) is 6.00. The van der Waals surface area contributed by atoms with E-state index in [1.165, 1.54) is 0 Å². The van der Waals surface area contributed by atoms with Crippen LogP contribution in [0.5, 0.6) is 5.75 Å². The van der Waals surface area contributed by atoms with Crippen LogP contribution in [0.15, 0.2) is 46.9 Å². The van der Waals surface area contributed by atoms with Crippen molar-refractivity contribution in [1.82, 2.24) is 0 Å².